The molecule has 0 atom stereocenters. The summed E-state index contributed by atoms with van der Waals surface area (Å²) < 4.78 is 10.5. The molecule has 1 aromatic rings. The minimum Gasteiger partial charge on any atom is -0.504 e. The molecule has 8 heteroatoms. The predicted octanol–water partition coefficient (Wildman–Crippen LogP) is 1.32. The topological polar surface area (TPSA) is 120 Å². The highest BCUT2D eigenvalue weighted by Crippen LogP contribution is 2.37. The molecule has 0 aliphatic heterocycles. The first-order valence-electron chi connectivity index (χ1n) is 6.50. The molecule has 0 saturated heterocycles. The van der Waals surface area contributed by atoms with Crippen LogP contribution in [0.2, 0.25) is 0 Å². The zero-order valence-electron chi connectivity index (χ0n) is 11.9. The van der Waals surface area contributed by atoms with E-state index in [1.54, 1.807) is 0 Å². The number of hydrogen-bond donors (Lipinski definition) is 5. The Hall–Kier alpha value is -2.19. The molecular weight excluding hydrogens is 280 g/mol. The van der Waals surface area contributed by atoms with E-state index in [9.17, 15) is 20.1 Å². The summed E-state index contributed by atoms with van der Waals surface area (Å²) in [5, 5.41) is 32.8. The van der Waals surface area contributed by atoms with E-state index < -0.39 is 29.6 Å². The second kappa shape index (κ2) is 8.18. The van der Waals surface area contributed by atoms with Crippen molar-refractivity contribution in [2.75, 3.05) is 25.1 Å². The van der Waals surface area contributed by atoms with E-state index in [0.29, 0.717) is 13.2 Å². The lowest BCUT2D eigenvalue weighted by atomic mass is 10.2. The monoisotopic (exact) mass is 300 g/mol. The quantitative estimate of drug-likeness (QED) is 0.294. The van der Waals surface area contributed by atoms with E-state index in [2.05, 4.69) is 10.6 Å². The third-order valence-electron chi connectivity index (χ3n) is 2.46. The number of nitrogens with one attached hydrogen (secondary N) is 2. The third-order valence-corrected chi connectivity index (χ3v) is 2.46. The van der Waals surface area contributed by atoms with Crippen molar-refractivity contribution in [3.8, 4) is 17.2 Å². The van der Waals surface area contributed by atoms with Gasteiger partial charge in [-0.2, -0.15) is 0 Å². The number of phenols is 3. The van der Waals surface area contributed by atoms with Gasteiger partial charge in [-0.25, -0.2) is 4.79 Å². The van der Waals surface area contributed by atoms with Crippen LogP contribution in [0, 0.1) is 0 Å². The second-order valence-electron chi connectivity index (χ2n) is 4.04. The van der Waals surface area contributed by atoms with E-state index >= 15 is 0 Å². The van der Waals surface area contributed by atoms with Gasteiger partial charge in [0.15, 0.2) is 23.5 Å². The average molecular weight is 300 g/mol. The number of carbonyl (C=O) groups excluding carboxylic acids is 1. The molecule has 0 aliphatic rings. The molecule has 0 bridgehead atoms. The molecule has 0 heterocycles. The van der Waals surface area contributed by atoms with Gasteiger partial charge < -0.3 is 35.4 Å². The number of amides is 2. The SMILES string of the molecule is CCOC(CNC(=O)Nc1cc(O)c(O)c(O)c1)OCC. The summed E-state index contributed by atoms with van der Waals surface area (Å²) in [6.07, 6.45) is -0.549. The number of hydrogen-bond acceptors (Lipinski definition) is 6. The minimum absolute atomic E-state index is 0.129. The number of anilines is 1. The van der Waals surface area contributed by atoms with Crippen LogP contribution in [-0.4, -0.2) is 47.4 Å². The lowest BCUT2D eigenvalue weighted by Crippen LogP contribution is -2.37. The van der Waals surface area contributed by atoms with Crippen LogP contribution in [0.25, 0.3) is 0 Å². The van der Waals surface area contributed by atoms with E-state index in [1.165, 1.54) is 0 Å². The smallest absolute Gasteiger partial charge is 0.319 e. The number of ether oxygens (including phenoxy) is 2. The van der Waals surface area contributed by atoms with Crippen LogP contribution in [0.4, 0.5) is 10.5 Å². The molecule has 0 saturated carbocycles. The van der Waals surface area contributed by atoms with E-state index in [4.69, 9.17) is 9.47 Å². The molecule has 0 fully saturated rings. The van der Waals surface area contributed by atoms with Crippen molar-refractivity contribution < 1.29 is 29.6 Å². The highest BCUT2D eigenvalue weighted by atomic mass is 16.7. The molecule has 0 aromatic heterocycles. The lowest BCUT2D eigenvalue weighted by molar-refractivity contribution is -0.131. The number of aromatic hydroxyl groups is 3. The molecular formula is C13H20N2O6. The van der Waals surface area contributed by atoms with Crippen molar-refractivity contribution in [2.24, 2.45) is 0 Å². The summed E-state index contributed by atoms with van der Waals surface area (Å²) in [7, 11) is 0. The second-order valence-corrected chi connectivity index (χ2v) is 4.04. The van der Waals surface area contributed by atoms with Crippen molar-refractivity contribution in [3.63, 3.8) is 0 Å². The summed E-state index contributed by atoms with van der Waals surface area (Å²) in [5.74, 6) is -1.72. The molecule has 21 heavy (non-hydrogen) atoms. The van der Waals surface area contributed by atoms with Gasteiger partial charge in [0.2, 0.25) is 0 Å². The van der Waals surface area contributed by atoms with Crippen LogP contribution in [0.5, 0.6) is 17.2 Å². The van der Waals surface area contributed by atoms with Crippen LogP contribution in [-0.2, 0) is 9.47 Å². The van der Waals surface area contributed by atoms with Gasteiger partial charge in [-0.3, -0.25) is 0 Å². The van der Waals surface area contributed by atoms with Crippen LogP contribution < -0.4 is 10.6 Å². The molecule has 118 valence electrons. The average Bonchev–Trinajstić information content (AvgIpc) is 2.42. The van der Waals surface area contributed by atoms with Crippen LogP contribution >= 0.6 is 0 Å². The number of carbonyl (C=O) groups is 1. The largest absolute Gasteiger partial charge is 0.504 e. The maximum Gasteiger partial charge on any atom is 0.319 e. The Kier molecular flexibility index (Phi) is 6.57. The summed E-state index contributed by atoms with van der Waals surface area (Å²) in [6.45, 7) is 4.67. The standard InChI is InChI=1S/C13H20N2O6/c1-3-20-11(21-4-2)7-14-13(19)15-8-5-9(16)12(18)10(17)6-8/h5-6,11,16-18H,3-4,7H2,1-2H3,(H2,14,15,19). The van der Waals surface area contributed by atoms with Gasteiger partial charge in [0.05, 0.1) is 12.2 Å². The molecule has 8 nitrogen and oxygen atoms in total. The third kappa shape index (κ3) is 5.36. The Bertz CT molecular complexity index is 451. The molecule has 5 N–H and O–H groups in total. The van der Waals surface area contributed by atoms with Gasteiger partial charge in [-0.05, 0) is 13.8 Å². The summed E-state index contributed by atoms with van der Waals surface area (Å²) >= 11 is 0. The van der Waals surface area contributed by atoms with Gasteiger partial charge in [0, 0.05) is 25.3 Å². The fraction of sp³-hybridized carbons (Fsp3) is 0.462. The summed E-state index contributed by atoms with van der Waals surface area (Å²) in [5.41, 5.74) is 0.129. The van der Waals surface area contributed by atoms with Crippen LogP contribution in [0.3, 0.4) is 0 Å². The first-order chi connectivity index (χ1) is 9.97. The Morgan fingerprint density at radius 3 is 2.14 bits per heavy atom. The highest BCUT2D eigenvalue weighted by molar-refractivity contribution is 5.90. The maximum atomic E-state index is 11.7. The van der Waals surface area contributed by atoms with Crippen LogP contribution in [0.1, 0.15) is 13.8 Å². The molecule has 0 unspecified atom stereocenters. The zero-order valence-corrected chi connectivity index (χ0v) is 11.9. The zero-order chi connectivity index (χ0) is 15.8. The lowest BCUT2D eigenvalue weighted by Gasteiger charge is -2.17. The normalized spacial score (nSPS) is 10.6. The van der Waals surface area contributed by atoms with Gasteiger partial charge in [0.25, 0.3) is 0 Å². The maximum absolute atomic E-state index is 11.7. The fourth-order valence-electron chi connectivity index (χ4n) is 1.57. The van der Waals surface area contributed by atoms with E-state index in [1.807, 2.05) is 13.8 Å². The van der Waals surface area contributed by atoms with Crippen molar-refractivity contribution in [3.05, 3.63) is 12.1 Å². The molecule has 1 rings (SSSR count). The first-order valence-corrected chi connectivity index (χ1v) is 6.50. The molecule has 0 spiro atoms. The fourth-order valence-corrected chi connectivity index (χ4v) is 1.57. The summed E-state index contributed by atoms with van der Waals surface area (Å²) in [6, 6.07) is 1.65. The molecule has 2 amide bonds. The number of phenolic OH excluding ortho intramolecular Hbond substituents is 3. The number of rotatable bonds is 7. The van der Waals surface area contributed by atoms with Crippen molar-refractivity contribution in [2.45, 2.75) is 20.1 Å². The van der Waals surface area contributed by atoms with Gasteiger partial charge in [-0.15, -0.1) is 0 Å². The predicted molar refractivity (Wildman–Crippen MR) is 75.5 cm³/mol. The Labute approximate surface area is 122 Å². The van der Waals surface area contributed by atoms with E-state index in [-0.39, 0.29) is 12.2 Å². The summed E-state index contributed by atoms with van der Waals surface area (Å²) in [4.78, 5) is 11.7. The van der Waals surface area contributed by atoms with Gasteiger partial charge in [0.1, 0.15) is 0 Å². The molecule has 1 aromatic carbocycles. The van der Waals surface area contributed by atoms with Crippen LogP contribution in [0.15, 0.2) is 12.1 Å². The van der Waals surface area contributed by atoms with Crippen molar-refractivity contribution >= 4 is 11.7 Å². The highest BCUT2D eigenvalue weighted by Gasteiger charge is 2.12. The number of benzene rings is 1. The van der Waals surface area contributed by atoms with Gasteiger partial charge in [-0.1, -0.05) is 0 Å². The number of urea groups is 1. The van der Waals surface area contributed by atoms with E-state index in [0.717, 1.165) is 12.1 Å². The minimum atomic E-state index is -0.645. The first kappa shape index (κ1) is 16.9. The van der Waals surface area contributed by atoms with Gasteiger partial charge >= 0.3 is 6.03 Å². The van der Waals surface area contributed by atoms with Crippen molar-refractivity contribution in [1.29, 1.82) is 0 Å². The Morgan fingerprint density at radius 2 is 1.67 bits per heavy atom. The van der Waals surface area contributed by atoms with Crippen molar-refractivity contribution in [1.82, 2.24) is 5.32 Å². The molecule has 0 aliphatic carbocycles. The molecule has 0 radical (unpaired) electrons. The Balaban J connectivity index is 2.53. The Morgan fingerprint density at radius 1 is 1.14 bits per heavy atom.